The van der Waals surface area contributed by atoms with E-state index in [1.807, 2.05) is 7.05 Å². The molecule has 2 unspecified atom stereocenters. The molecule has 0 amide bonds. The minimum Gasteiger partial charge on any atom is -0.373 e. The first kappa shape index (κ1) is 20.0. The van der Waals surface area contributed by atoms with Crippen LogP contribution >= 0.6 is 24.0 Å². The number of likely N-dealkylation sites (tertiary alicyclic amines) is 1. The Labute approximate surface area is 152 Å². The number of ether oxygens (including phenoxy) is 1. The summed E-state index contributed by atoms with van der Waals surface area (Å²) in [7, 11) is 1.84. The second-order valence-electron chi connectivity index (χ2n) is 6.49. The van der Waals surface area contributed by atoms with Crippen molar-refractivity contribution in [2.45, 2.75) is 57.6 Å². The Morgan fingerprint density at radius 1 is 1.32 bits per heavy atom. The van der Waals surface area contributed by atoms with Crippen LogP contribution < -0.4 is 10.6 Å². The maximum absolute atomic E-state index is 5.81. The third kappa shape index (κ3) is 5.85. The average molecular weight is 424 g/mol. The average Bonchev–Trinajstić information content (AvgIpc) is 2.95. The molecule has 0 aromatic carbocycles. The van der Waals surface area contributed by atoms with Gasteiger partial charge in [0.25, 0.3) is 0 Å². The van der Waals surface area contributed by atoms with Crippen LogP contribution in [0.3, 0.4) is 0 Å². The molecule has 6 heteroatoms. The van der Waals surface area contributed by atoms with Gasteiger partial charge in [-0.3, -0.25) is 9.89 Å². The van der Waals surface area contributed by atoms with Gasteiger partial charge in [0.1, 0.15) is 0 Å². The smallest absolute Gasteiger partial charge is 0.191 e. The molecule has 0 radical (unpaired) electrons. The van der Waals surface area contributed by atoms with Crippen molar-refractivity contribution in [1.29, 1.82) is 0 Å². The van der Waals surface area contributed by atoms with E-state index in [0.29, 0.717) is 6.04 Å². The molecule has 2 aliphatic rings. The largest absolute Gasteiger partial charge is 0.373 e. The zero-order valence-electron chi connectivity index (χ0n) is 14.4. The fourth-order valence-electron chi connectivity index (χ4n) is 3.39. The van der Waals surface area contributed by atoms with Crippen molar-refractivity contribution in [2.75, 3.05) is 39.8 Å². The lowest BCUT2D eigenvalue weighted by atomic mass is 10.0. The van der Waals surface area contributed by atoms with E-state index < -0.39 is 0 Å². The van der Waals surface area contributed by atoms with Crippen molar-refractivity contribution in [3.8, 4) is 0 Å². The van der Waals surface area contributed by atoms with Gasteiger partial charge in [0.05, 0.1) is 5.60 Å². The summed E-state index contributed by atoms with van der Waals surface area (Å²) in [5.41, 5.74) is -0.0298. The van der Waals surface area contributed by atoms with Crippen molar-refractivity contribution in [2.24, 2.45) is 4.99 Å². The molecule has 0 bridgehead atoms. The number of piperidine rings is 1. The van der Waals surface area contributed by atoms with E-state index in [1.165, 1.54) is 25.8 Å². The molecule has 2 saturated heterocycles. The lowest BCUT2D eigenvalue weighted by Gasteiger charge is -2.35. The highest BCUT2D eigenvalue weighted by atomic mass is 127. The summed E-state index contributed by atoms with van der Waals surface area (Å²) in [6.45, 7) is 9.51. The summed E-state index contributed by atoms with van der Waals surface area (Å²) in [5.74, 6) is 0.897. The fourth-order valence-corrected chi connectivity index (χ4v) is 3.39. The zero-order chi connectivity index (χ0) is 15.1. The molecule has 2 atom stereocenters. The van der Waals surface area contributed by atoms with Crippen LogP contribution in [0.4, 0.5) is 0 Å². The van der Waals surface area contributed by atoms with E-state index in [2.05, 4.69) is 34.4 Å². The number of nitrogens with one attached hydrogen (secondary N) is 2. The fraction of sp³-hybridized carbons (Fsp3) is 0.938. The Morgan fingerprint density at radius 3 is 2.77 bits per heavy atom. The highest BCUT2D eigenvalue weighted by molar-refractivity contribution is 14.0. The first-order chi connectivity index (χ1) is 10.2. The SMILES string of the molecule is CCN1CCCCC1CNC(=NC)NCC1(C)CCCO1.I. The summed E-state index contributed by atoms with van der Waals surface area (Å²) in [5, 5.41) is 6.91. The summed E-state index contributed by atoms with van der Waals surface area (Å²) in [6.07, 6.45) is 6.27. The Morgan fingerprint density at radius 2 is 2.14 bits per heavy atom. The molecule has 0 aromatic heterocycles. The van der Waals surface area contributed by atoms with E-state index >= 15 is 0 Å². The van der Waals surface area contributed by atoms with E-state index in [-0.39, 0.29) is 29.6 Å². The molecule has 5 nitrogen and oxygen atoms in total. The topological polar surface area (TPSA) is 48.9 Å². The lowest BCUT2D eigenvalue weighted by molar-refractivity contribution is 0.0242. The molecule has 2 aliphatic heterocycles. The lowest BCUT2D eigenvalue weighted by Crippen LogP contribution is -2.51. The van der Waals surface area contributed by atoms with E-state index in [0.717, 1.165) is 45.0 Å². The Bertz CT molecular complexity index is 345. The molecule has 2 heterocycles. The molecule has 2 N–H and O–H groups in total. The number of rotatable bonds is 5. The molecular formula is C16H33IN4O. The third-order valence-corrected chi connectivity index (χ3v) is 4.81. The number of halogens is 1. The number of likely N-dealkylation sites (N-methyl/N-ethyl adjacent to an activating group) is 1. The van der Waals surface area contributed by atoms with Crippen molar-refractivity contribution >= 4 is 29.9 Å². The maximum atomic E-state index is 5.81. The van der Waals surface area contributed by atoms with Gasteiger partial charge >= 0.3 is 0 Å². The van der Waals surface area contributed by atoms with Crippen molar-refractivity contribution in [3.05, 3.63) is 0 Å². The van der Waals surface area contributed by atoms with Gasteiger partial charge in [0, 0.05) is 32.8 Å². The number of guanidine groups is 1. The molecule has 0 aliphatic carbocycles. The van der Waals surface area contributed by atoms with Gasteiger partial charge in [-0.05, 0) is 45.7 Å². The molecule has 0 saturated carbocycles. The first-order valence-corrected chi connectivity index (χ1v) is 8.49. The molecular weight excluding hydrogens is 391 g/mol. The predicted octanol–water partition coefficient (Wildman–Crippen LogP) is 2.21. The van der Waals surface area contributed by atoms with Crippen molar-refractivity contribution < 1.29 is 4.74 Å². The molecule has 130 valence electrons. The quantitative estimate of drug-likeness (QED) is 0.404. The normalized spacial score (nSPS) is 30.0. The van der Waals surface area contributed by atoms with Gasteiger partial charge in [-0.15, -0.1) is 24.0 Å². The van der Waals surface area contributed by atoms with Crippen molar-refractivity contribution in [3.63, 3.8) is 0 Å². The van der Waals surface area contributed by atoms with Crippen LogP contribution in [-0.2, 0) is 4.74 Å². The summed E-state index contributed by atoms with van der Waals surface area (Å²) < 4.78 is 5.81. The maximum Gasteiger partial charge on any atom is 0.191 e. The Hall–Kier alpha value is -0.0800. The number of aliphatic imine (C=N–C) groups is 1. The molecule has 2 rings (SSSR count). The van der Waals surface area contributed by atoms with Gasteiger partial charge in [0.15, 0.2) is 5.96 Å². The van der Waals surface area contributed by atoms with E-state index in [1.54, 1.807) is 0 Å². The summed E-state index contributed by atoms with van der Waals surface area (Å²) in [6, 6.07) is 0.639. The van der Waals surface area contributed by atoms with E-state index in [9.17, 15) is 0 Å². The van der Waals surface area contributed by atoms with Crippen LogP contribution in [0.1, 0.15) is 46.0 Å². The van der Waals surface area contributed by atoms with Gasteiger partial charge in [-0.25, -0.2) is 0 Å². The minimum absolute atomic E-state index is 0. The monoisotopic (exact) mass is 424 g/mol. The van der Waals surface area contributed by atoms with Crippen LogP contribution in [0.15, 0.2) is 4.99 Å². The molecule has 2 fully saturated rings. The van der Waals surface area contributed by atoms with Gasteiger partial charge < -0.3 is 15.4 Å². The van der Waals surface area contributed by atoms with Crippen LogP contribution in [-0.4, -0.2) is 62.3 Å². The Balaban J connectivity index is 0.00000242. The van der Waals surface area contributed by atoms with Gasteiger partial charge in [-0.1, -0.05) is 13.3 Å². The van der Waals surface area contributed by atoms with Gasteiger partial charge in [-0.2, -0.15) is 0 Å². The van der Waals surface area contributed by atoms with E-state index in [4.69, 9.17) is 4.74 Å². The molecule has 22 heavy (non-hydrogen) atoms. The molecule has 0 spiro atoms. The number of hydrogen-bond acceptors (Lipinski definition) is 3. The van der Waals surface area contributed by atoms with Crippen molar-refractivity contribution in [1.82, 2.24) is 15.5 Å². The standard InChI is InChI=1S/C16H32N4O.HI/c1-4-20-10-6-5-8-14(20)12-18-15(17-3)19-13-16(2)9-7-11-21-16;/h14H,4-13H2,1-3H3,(H2,17,18,19);1H. The van der Waals surface area contributed by atoms with Crippen LogP contribution in [0.25, 0.3) is 0 Å². The minimum atomic E-state index is -0.0298. The summed E-state index contributed by atoms with van der Waals surface area (Å²) >= 11 is 0. The summed E-state index contributed by atoms with van der Waals surface area (Å²) in [4.78, 5) is 6.91. The van der Waals surface area contributed by atoms with Crippen LogP contribution in [0.5, 0.6) is 0 Å². The highest BCUT2D eigenvalue weighted by Crippen LogP contribution is 2.23. The first-order valence-electron chi connectivity index (χ1n) is 8.49. The van der Waals surface area contributed by atoms with Gasteiger partial charge in [0.2, 0.25) is 0 Å². The van der Waals surface area contributed by atoms with Crippen LogP contribution in [0.2, 0.25) is 0 Å². The molecule has 0 aromatic rings. The highest BCUT2D eigenvalue weighted by Gasteiger charge is 2.29. The third-order valence-electron chi connectivity index (χ3n) is 4.81. The predicted molar refractivity (Wildman–Crippen MR) is 103 cm³/mol. The second kappa shape index (κ2) is 9.93. The Kier molecular flexibility index (Phi) is 9.01. The second-order valence-corrected chi connectivity index (χ2v) is 6.49. The zero-order valence-corrected chi connectivity index (χ0v) is 16.7. The number of nitrogens with zero attached hydrogens (tertiary/aromatic N) is 2. The van der Waals surface area contributed by atoms with Crippen LogP contribution in [0, 0.1) is 0 Å². The number of hydrogen-bond donors (Lipinski definition) is 2.